The number of hydrogen-bond donors (Lipinski definition) is 1. The van der Waals surface area contributed by atoms with E-state index in [1.54, 1.807) is 13.3 Å². The molecule has 104 valence electrons. The molecule has 0 amide bonds. The Kier molecular flexibility index (Phi) is 3.79. The molecule has 1 aliphatic carbocycles. The van der Waals surface area contributed by atoms with E-state index in [0.717, 1.165) is 11.4 Å². The van der Waals surface area contributed by atoms with Crippen LogP contribution in [0.2, 0.25) is 5.15 Å². The number of anilines is 1. The smallest absolute Gasteiger partial charge is 0.152 e. The Morgan fingerprint density at radius 2 is 2.00 bits per heavy atom. The Hall–Kier alpha value is -1.74. The normalized spacial score (nSPS) is 15.7. The molecule has 20 heavy (non-hydrogen) atoms. The van der Waals surface area contributed by atoms with E-state index in [4.69, 9.17) is 16.3 Å². The molecule has 0 spiro atoms. The van der Waals surface area contributed by atoms with E-state index in [-0.39, 0.29) is 6.04 Å². The fourth-order valence-electron chi connectivity index (χ4n) is 2.38. The van der Waals surface area contributed by atoms with Crippen LogP contribution in [-0.2, 0) is 0 Å². The van der Waals surface area contributed by atoms with Crippen molar-refractivity contribution in [2.24, 2.45) is 5.92 Å². The second kappa shape index (κ2) is 5.71. The minimum atomic E-state index is 0.280. The van der Waals surface area contributed by atoms with Gasteiger partial charge in [-0.25, -0.2) is 4.98 Å². The quantitative estimate of drug-likeness (QED) is 0.833. The van der Waals surface area contributed by atoms with Gasteiger partial charge in [-0.15, -0.1) is 0 Å². The van der Waals surface area contributed by atoms with Crippen LogP contribution in [0, 0.1) is 5.92 Å². The summed E-state index contributed by atoms with van der Waals surface area (Å²) in [6, 6.07) is 12.4. The van der Waals surface area contributed by atoms with Gasteiger partial charge in [-0.05, 0) is 48.6 Å². The van der Waals surface area contributed by atoms with Gasteiger partial charge in [-0.1, -0.05) is 23.7 Å². The van der Waals surface area contributed by atoms with Crippen LogP contribution in [-0.4, -0.2) is 12.1 Å². The lowest BCUT2D eigenvalue weighted by atomic mass is 10.0. The fraction of sp³-hybridized carbons (Fsp3) is 0.312. The highest BCUT2D eigenvalue weighted by molar-refractivity contribution is 6.31. The van der Waals surface area contributed by atoms with Crippen LogP contribution in [0.15, 0.2) is 42.6 Å². The maximum Gasteiger partial charge on any atom is 0.152 e. The fourth-order valence-corrected chi connectivity index (χ4v) is 2.55. The Bertz CT molecular complexity index is 581. The van der Waals surface area contributed by atoms with Crippen LogP contribution < -0.4 is 10.1 Å². The van der Waals surface area contributed by atoms with Crippen molar-refractivity contribution in [2.75, 3.05) is 12.4 Å². The van der Waals surface area contributed by atoms with Crippen molar-refractivity contribution in [2.45, 2.75) is 18.9 Å². The zero-order valence-corrected chi connectivity index (χ0v) is 12.1. The van der Waals surface area contributed by atoms with Gasteiger partial charge in [0.05, 0.1) is 18.8 Å². The molecule has 1 atom stereocenters. The van der Waals surface area contributed by atoms with Crippen molar-refractivity contribution in [3.05, 3.63) is 53.3 Å². The molecule has 1 aromatic carbocycles. The van der Waals surface area contributed by atoms with Crippen LogP contribution in [0.25, 0.3) is 0 Å². The number of nitrogens with one attached hydrogen (secondary N) is 1. The van der Waals surface area contributed by atoms with Crippen molar-refractivity contribution in [1.29, 1.82) is 0 Å². The van der Waals surface area contributed by atoms with Crippen LogP contribution in [0.4, 0.5) is 5.69 Å². The van der Waals surface area contributed by atoms with Crippen LogP contribution in [0.5, 0.6) is 5.75 Å². The molecule has 0 saturated heterocycles. The second-order valence-corrected chi connectivity index (χ2v) is 5.43. The Morgan fingerprint density at radius 1 is 1.25 bits per heavy atom. The topological polar surface area (TPSA) is 34.1 Å². The Morgan fingerprint density at radius 3 is 2.60 bits per heavy atom. The molecule has 1 aliphatic rings. The van der Waals surface area contributed by atoms with Gasteiger partial charge in [-0.3, -0.25) is 0 Å². The summed E-state index contributed by atoms with van der Waals surface area (Å²) in [5, 5.41) is 4.05. The minimum Gasteiger partial charge on any atom is -0.497 e. The number of ether oxygens (including phenoxy) is 1. The van der Waals surface area contributed by atoms with Crippen molar-refractivity contribution in [1.82, 2.24) is 4.98 Å². The Balaban J connectivity index is 1.83. The van der Waals surface area contributed by atoms with Gasteiger partial charge in [0.1, 0.15) is 5.75 Å². The largest absolute Gasteiger partial charge is 0.497 e. The molecular formula is C16H17ClN2O. The number of hydrogen-bond acceptors (Lipinski definition) is 3. The first kappa shape index (κ1) is 13.3. The molecule has 1 N–H and O–H groups in total. The average molecular weight is 289 g/mol. The number of methoxy groups -OCH3 is 1. The zero-order chi connectivity index (χ0) is 13.9. The number of nitrogens with zero attached hydrogens (tertiary/aromatic N) is 1. The van der Waals surface area contributed by atoms with E-state index in [9.17, 15) is 0 Å². The zero-order valence-electron chi connectivity index (χ0n) is 11.3. The van der Waals surface area contributed by atoms with Gasteiger partial charge >= 0.3 is 0 Å². The van der Waals surface area contributed by atoms with E-state index in [0.29, 0.717) is 11.1 Å². The van der Waals surface area contributed by atoms with Crippen molar-refractivity contribution in [3.8, 4) is 5.75 Å². The molecule has 0 bridgehead atoms. The van der Waals surface area contributed by atoms with Crippen LogP contribution in [0.3, 0.4) is 0 Å². The maximum atomic E-state index is 6.13. The molecule has 0 radical (unpaired) electrons. The summed E-state index contributed by atoms with van der Waals surface area (Å²) in [6.07, 6.45) is 4.20. The SMILES string of the molecule is COc1ccc(C(Nc2cccnc2Cl)C2CC2)cc1. The number of pyridine rings is 1. The number of aromatic nitrogens is 1. The van der Waals surface area contributed by atoms with Gasteiger partial charge in [0.25, 0.3) is 0 Å². The van der Waals surface area contributed by atoms with Crippen molar-refractivity contribution < 1.29 is 4.74 Å². The van der Waals surface area contributed by atoms with Gasteiger partial charge in [0.15, 0.2) is 5.15 Å². The van der Waals surface area contributed by atoms with Crippen LogP contribution in [0.1, 0.15) is 24.4 Å². The lowest BCUT2D eigenvalue weighted by molar-refractivity contribution is 0.414. The van der Waals surface area contributed by atoms with Crippen molar-refractivity contribution in [3.63, 3.8) is 0 Å². The summed E-state index contributed by atoms with van der Waals surface area (Å²) >= 11 is 6.13. The molecule has 3 rings (SSSR count). The van der Waals surface area contributed by atoms with E-state index < -0.39 is 0 Å². The Labute approximate surface area is 123 Å². The molecule has 1 heterocycles. The monoisotopic (exact) mass is 288 g/mol. The predicted octanol–water partition coefficient (Wildman–Crippen LogP) is 4.31. The van der Waals surface area contributed by atoms with E-state index >= 15 is 0 Å². The third-order valence-corrected chi connectivity index (χ3v) is 3.94. The standard InChI is InChI=1S/C16H17ClN2O/c1-20-13-8-6-12(7-9-13)15(11-4-5-11)19-14-3-2-10-18-16(14)17/h2-3,6-11,15,19H,4-5H2,1H3. The van der Waals surface area contributed by atoms with Gasteiger partial charge < -0.3 is 10.1 Å². The molecule has 1 aromatic heterocycles. The summed E-state index contributed by atoms with van der Waals surface area (Å²) in [7, 11) is 1.68. The second-order valence-electron chi connectivity index (χ2n) is 5.07. The summed E-state index contributed by atoms with van der Waals surface area (Å²) in [5.74, 6) is 1.54. The number of rotatable bonds is 5. The molecule has 1 unspecified atom stereocenters. The molecule has 2 aromatic rings. The summed E-state index contributed by atoms with van der Waals surface area (Å²) in [5.41, 5.74) is 2.15. The lowest BCUT2D eigenvalue weighted by Crippen LogP contribution is -2.13. The van der Waals surface area contributed by atoms with Crippen LogP contribution >= 0.6 is 11.6 Å². The van der Waals surface area contributed by atoms with E-state index in [1.165, 1.54) is 18.4 Å². The summed E-state index contributed by atoms with van der Waals surface area (Å²) in [6.45, 7) is 0. The molecule has 1 saturated carbocycles. The van der Waals surface area contributed by atoms with Gasteiger partial charge in [0.2, 0.25) is 0 Å². The highest BCUT2D eigenvalue weighted by Gasteiger charge is 2.32. The third kappa shape index (κ3) is 2.88. The molecule has 0 aliphatic heterocycles. The number of benzene rings is 1. The minimum absolute atomic E-state index is 0.280. The third-order valence-electron chi connectivity index (χ3n) is 3.64. The highest BCUT2D eigenvalue weighted by Crippen LogP contribution is 2.43. The lowest BCUT2D eigenvalue weighted by Gasteiger charge is -2.20. The molecule has 1 fully saturated rings. The highest BCUT2D eigenvalue weighted by atomic mass is 35.5. The predicted molar refractivity (Wildman–Crippen MR) is 81.3 cm³/mol. The average Bonchev–Trinajstić information content (AvgIpc) is 3.31. The van der Waals surface area contributed by atoms with E-state index in [1.807, 2.05) is 24.3 Å². The van der Waals surface area contributed by atoms with Gasteiger partial charge in [0, 0.05) is 6.20 Å². The summed E-state index contributed by atoms with van der Waals surface area (Å²) < 4.78 is 5.21. The van der Waals surface area contributed by atoms with Gasteiger partial charge in [-0.2, -0.15) is 0 Å². The van der Waals surface area contributed by atoms with Crippen molar-refractivity contribution >= 4 is 17.3 Å². The molecular weight excluding hydrogens is 272 g/mol. The first-order chi connectivity index (χ1) is 9.78. The first-order valence-electron chi connectivity index (χ1n) is 6.79. The number of halogens is 1. The summed E-state index contributed by atoms with van der Waals surface area (Å²) in [4.78, 5) is 4.12. The first-order valence-corrected chi connectivity index (χ1v) is 7.17. The van der Waals surface area contributed by atoms with E-state index in [2.05, 4.69) is 22.4 Å². The molecule has 3 nitrogen and oxygen atoms in total. The maximum absolute atomic E-state index is 6.13. The molecule has 4 heteroatoms.